The van der Waals surface area contributed by atoms with E-state index in [2.05, 4.69) is 10.0 Å². The second-order valence-electron chi connectivity index (χ2n) is 2.94. The highest BCUT2D eigenvalue weighted by Gasteiger charge is 2.23. The number of amides is 1. The van der Waals surface area contributed by atoms with Gasteiger partial charge in [0.15, 0.2) is 0 Å². The van der Waals surface area contributed by atoms with Gasteiger partial charge in [-0.3, -0.25) is 4.79 Å². The van der Waals surface area contributed by atoms with Crippen molar-refractivity contribution in [1.82, 2.24) is 10.0 Å². The molecule has 0 aromatic rings. The average Bonchev–Trinajstić information content (AvgIpc) is 2.66. The lowest BCUT2D eigenvalue weighted by Gasteiger charge is -2.02. The van der Waals surface area contributed by atoms with Crippen LogP contribution in [0.1, 0.15) is 12.8 Å². The summed E-state index contributed by atoms with van der Waals surface area (Å²) in [5.41, 5.74) is 0. The fourth-order valence-corrected chi connectivity index (χ4v) is 1.10. The molecule has 1 fully saturated rings. The molecule has 0 spiro atoms. The van der Waals surface area contributed by atoms with Crippen molar-refractivity contribution in [3.05, 3.63) is 0 Å². The molecule has 6 heteroatoms. The molecule has 1 amide bonds. The number of rotatable bonds is 4. The number of carbonyl (C=O) groups is 1. The zero-order chi connectivity index (χ0) is 9.19. The highest BCUT2D eigenvalue weighted by molar-refractivity contribution is 7.88. The second-order valence-corrected chi connectivity index (χ2v) is 4.77. The lowest BCUT2D eigenvalue weighted by atomic mass is 10.5. The monoisotopic (exact) mass is 192 g/mol. The standard InChI is InChI=1S/C6H12N2O3S/c1-12(10,11)7-4-6(9)8-5-2-3-5/h5,7H,2-4H2,1H3,(H,8,9). The van der Waals surface area contributed by atoms with Gasteiger partial charge in [0.2, 0.25) is 15.9 Å². The van der Waals surface area contributed by atoms with Crippen LogP contribution in [0.3, 0.4) is 0 Å². The molecule has 0 saturated heterocycles. The van der Waals surface area contributed by atoms with E-state index in [4.69, 9.17) is 0 Å². The molecule has 70 valence electrons. The Balaban J connectivity index is 2.17. The first-order valence-electron chi connectivity index (χ1n) is 3.71. The van der Waals surface area contributed by atoms with E-state index < -0.39 is 10.0 Å². The molecule has 2 N–H and O–H groups in total. The van der Waals surface area contributed by atoms with E-state index >= 15 is 0 Å². The minimum absolute atomic E-state index is 0.157. The van der Waals surface area contributed by atoms with E-state index in [1.165, 1.54) is 0 Å². The van der Waals surface area contributed by atoms with E-state index in [1.807, 2.05) is 0 Å². The average molecular weight is 192 g/mol. The van der Waals surface area contributed by atoms with Gasteiger partial charge < -0.3 is 5.32 Å². The molecule has 0 radical (unpaired) electrons. The third-order valence-electron chi connectivity index (χ3n) is 1.44. The molecule has 1 aliphatic rings. The van der Waals surface area contributed by atoms with Crippen LogP contribution < -0.4 is 10.0 Å². The van der Waals surface area contributed by atoms with Crippen molar-refractivity contribution in [3.63, 3.8) is 0 Å². The van der Waals surface area contributed by atoms with Gasteiger partial charge in [-0.05, 0) is 12.8 Å². The summed E-state index contributed by atoms with van der Waals surface area (Å²) in [6.45, 7) is -0.157. The lowest BCUT2D eigenvalue weighted by molar-refractivity contribution is -0.120. The van der Waals surface area contributed by atoms with Crippen LogP contribution in [0, 0.1) is 0 Å². The Hall–Kier alpha value is -0.620. The van der Waals surface area contributed by atoms with Crippen molar-refractivity contribution in [3.8, 4) is 0 Å². The van der Waals surface area contributed by atoms with Crippen LogP contribution in [-0.2, 0) is 14.8 Å². The molecule has 0 aliphatic heterocycles. The minimum atomic E-state index is -3.25. The summed E-state index contributed by atoms with van der Waals surface area (Å²) >= 11 is 0. The highest BCUT2D eigenvalue weighted by atomic mass is 32.2. The minimum Gasteiger partial charge on any atom is -0.352 e. The molecule has 1 aliphatic carbocycles. The van der Waals surface area contributed by atoms with Gasteiger partial charge in [0.05, 0.1) is 12.8 Å². The maximum atomic E-state index is 10.9. The Kier molecular flexibility index (Phi) is 2.69. The van der Waals surface area contributed by atoms with Crippen molar-refractivity contribution in [1.29, 1.82) is 0 Å². The van der Waals surface area contributed by atoms with Gasteiger partial charge in [-0.1, -0.05) is 0 Å². The van der Waals surface area contributed by atoms with Gasteiger partial charge in [-0.25, -0.2) is 13.1 Å². The van der Waals surface area contributed by atoms with Crippen molar-refractivity contribution in [2.75, 3.05) is 12.8 Å². The van der Waals surface area contributed by atoms with Gasteiger partial charge in [-0.15, -0.1) is 0 Å². The number of hydrogen-bond acceptors (Lipinski definition) is 3. The maximum absolute atomic E-state index is 10.9. The Morgan fingerprint density at radius 2 is 2.08 bits per heavy atom. The van der Waals surface area contributed by atoms with E-state index in [0.717, 1.165) is 19.1 Å². The quantitative estimate of drug-likeness (QED) is 0.588. The molecule has 12 heavy (non-hydrogen) atoms. The van der Waals surface area contributed by atoms with Crippen LogP contribution in [0.4, 0.5) is 0 Å². The summed E-state index contributed by atoms with van der Waals surface area (Å²) in [6, 6.07) is 0.277. The predicted molar refractivity (Wildman–Crippen MR) is 44.0 cm³/mol. The summed E-state index contributed by atoms with van der Waals surface area (Å²) < 4.78 is 23.2. The van der Waals surface area contributed by atoms with E-state index in [-0.39, 0.29) is 18.5 Å². The molecule has 0 aromatic heterocycles. The van der Waals surface area contributed by atoms with Crippen molar-refractivity contribution in [2.45, 2.75) is 18.9 Å². The Labute approximate surface area is 71.6 Å². The number of sulfonamides is 1. The second kappa shape index (κ2) is 3.40. The molecular formula is C6H12N2O3S. The molecule has 0 bridgehead atoms. The molecule has 0 atom stereocenters. The van der Waals surface area contributed by atoms with Crippen molar-refractivity contribution < 1.29 is 13.2 Å². The first-order chi connectivity index (χ1) is 5.47. The summed E-state index contributed by atoms with van der Waals surface area (Å²) in [5, 5.41) is 2.66. The maximum Gasteiger partial charge on any atom is 0.235 e. The van der Waals surface area contributed by atoms with Crippen LogP contribution in [-0.4, -0.2) is 33.2 Å². The fraction of sp³-hybridized carbons (Fsp3) is 0.833. The van der Waals surface area contributed by atoms with Crippen LogP contribution in [0.15, 0.2) is 0 Å². The topological polar surface area (TPSA) is 75.3 Å². The van der Waals surface area contributed by atoms with Gasteiger partial charge in [0, 0.05) is 6.04 Å². The molecule has 5 nitrogen and oxygen atoms in total. The fourth-order valence-electron chi connectivity index (χ4n) is 0.703. The van der Waals surface area contributed by atoms with Gasteiger partial charge >= 0.3 is 0 Å². The van der Waals surface area contributed by atoms with E-state index in [1.54, 1.807) is 0 Å². The molecule has 0 heterocycles. The van der Waals surface area contributed by atoms with Gasteiger partial charge in [0.25, 0.3) is 0 Å². The van der Waals surface area contributed by atoms with Crippen LogP contribution in [0.25, 0.3) is 0 Å². The predicted octanol–water partition coefficient (Wildman–Crippen LogP) is -1.19. The Morgan fingerprint density at radius 1 is 1.50 bits per heavy atom. The number of hydrogen-bond donors (Lipinski definition) is 2. The Morgan fingerprint density at radius 3 is 2.50 bits per heavy atom. The van der Waals surface area contributed by atoms with Gasteiger partial charge in [-0.2, -0.15) is 0 Å². The molecule has 1 saturated carbocycles. The first kappa shape index (κ1) is 9.47. The Bertz CT molecular complexity index is 269. The van der Waals surface area contributed by atoms with Crippen LogP contribution in [0.5, 0.6) is 0 Å². The highest BCUT2D eigenvalue weighted by Crippen LogP contribution is 2.18. The van der Waals surface area contributed by atoms with Gasteiger partial charge in [0.1, 0.15) is 0 Å². The first-order valence-corrected chi connectivity index (χ1v) is 5.60. The molecule has 1 rings (SSSR count). The molecule has 0 unspecified atom stereocenters. The van der Waals surface area contributed by atoms with E-state index in [9.17, 15) is 13.2 Å². The largest absolute Gasteiger partial charge is 0.352 e. The summed E-state index contributed by atoms with van der Waals surface area (Å²) in [6.07, 6.45) is 3.03. The van der Waals surface area contributed by atoms with Crippen molar-refractivity contribution >= 4 is 15.9 Å². The SMILES string of the molecule is CS(=O)(=O)NCC(=O)NC1CC1. The lowest BCUT2D eigenvalue weighted by Crippen LogP contribution is -2.37. The number of carbonyl (C=O) groups excluding carboxylic acids is 1. The molecule has 0 aromatic carbocycles. The zero-order valence-corrected chi connectivity index (χ0v) is 7.65. The number of nitrogens with one attached hydrogen (secondary N) is 2. The van der Waals surface area contributed by atoms with Crippen LogP contribution in [0.2, 0.25) is 0 Å². The summed E-state index contributed by atoms with van der Waals surface area (Å²) in [4.78, 5) is 10.9. The normalized spacial score (nSPS) is 17.4. The van der Waals surface area contributed by atoms with Crippen LogP contribution >= 0.6 is 0 Å². The summed E-state index contributed by atoms with van der Waals surface area (Å²) in [7, 11) is -3.25. The van der Waals surface area contributed by atoms with Crippen molar-refractivity contribution in [2.24, 2.45) is 0 Å². The molecular weight excluding hydrogens is 180 g/mol. The summed E-state index contributed by atoms with van der Waals surface area (Å²) in [5.74, 6) is -0.261. The third-order valence-corrected chi connectivity index (χ3v) is 2.11. The smallest absolute Gasteiger partial charge is 0.235 e. The van der Waals surface area contributed by atoms with E-state index in [0.29, 0.717) is 0 Å². The zero-order valence-electron chi connectivity index (χ0n) is 6.83. The third kappa shape index (κ3) is 4.30.